The number of ether oxygens (including phenoxy) is 1. The second-order valence-corrected chi connectivity index (χ2v) is 4.99. The predicted molar refractivity (Wildman–Crippen MR) is 77.1 cm³/mol. The quantitative estimate of drug-likeness (QED) is 0.562. The van der Waals surface area contributed by atoms with E-state index < -0.39 is 0 Å². The highest BCUT2D eigenvalue weighted by atomic mass is 79.9. The van der Waals surface area contributed by atoms with E-state index in [1.807, 2.05) is 19.1 Å². The molecule has 0 unspecified atom stereocenters. The normalized spacial score (nSPS) is 10.3. The van der Waals surface area contributed by atoms with E-state index in [0.29, 0.717) is 17.5 Å². The van der Waals surface area contributed by atoms with Gasteiger partial charge in [-0.05, 0) is 37.0 Å². The standard InChI is InChI=1S/C13H16Br2O2/c1-2-17-13(16)12-6-5-10(4-3-7-14)8-11(12)9-15/h5-6,8H,2-4,7,9H2,1H3. The minimum Gasteiger partial charge on any atom is -0.462 e. The monoisotopic (exact) mass is 362 g/mol. The molecule has 0 aliphatic heterocycles. The van der Waals surface area contributed by atoms with E-state index in [-0.39, 0.29) is 5.97 Å². The first-order valence-corrected chi connectivity index (χ1v) is 7.88. The number of hydrogen-bond acceptors (Lipinski definition) is 2. The molecule has 0 spiro atoms. The molecule has 2 nitrogen and oxygen atoms in total. The molecule has 0 saturated heterocycles. The lowest BCUT2D eigenvalue weighted by molar-refractivity contribution is 0.0525. The van der Waals surface area contributed by atoms with Crippen molar-refractivity contribution in [2.24, 2.45) is 0 Å². The van der Waals surface area contributed by atoms with Crippen LogP contribution in [0.5, 0.6) is 0 Å². The van der Waals surface area contributed by atoms with Crippen molar-refractivity contribution in [2.75, 3.05) is 11.9 Å². The highest BCUT2D eigenvalue weighted by Gasteiger charge is 2.12. The van der Waals surface area contributed by atoms with Gasteiger partial charge in [0, 0.05) is 10.7 Å². The van der Waals surface area contributed by atoms with E-state index in [4.69, 9.17) is 4.74 Å². The van der Waals surface area contributed by atoms with E-state index >= 15 is 0 Å². The van der Waals surface area contributed by atoms with E-state index in [2.05, 4.69) is 37.9 Å². The number of aryl methyl sites for hydroxylation is 1. The molecule has 0 radical (unpaired) electrons. The van der Waals surface area contributed by atoms with Crippen LogP contribution in [0.1, 0.15) is 34.8 Å². The van der Waals surface area contributed by atoms with Crippen molar-refractivity contribution in [1.82, 2.24) is 0 Å². The molecule has 0 heterocycles. The Kier molecular flexibility index (Phi) is 6.82. The minimum absolute atomic E-state index is 0.242. The fourth-order valence-corrected chi connectivity index (χ4v) is 2.34. The lowest BCUT2D eigenvalue weighted by atomic mass is 10.0. The number of carbonyl (C=O) groups excluding carboxylic acids is 1. The van der Waals surface area contributed by atoms with E-state index in [1.54, 1.807) is 0 Å². The topological polar surface area (TPSA) is 26.3 Å². The molecule has 0 saturated carbocycles. The van der Waals surface area contributed by atoms with Crippen molar-refractivity contribution >= 4 is 37.8 Å². The summed E-state index contributed by atoms with van der Waals surface area (Å²) in [6, 6.07) is 5.93. The van der Waals surface area contributed by atoms with Gasteiger partial charge in [0.1, 0.15) is 0 Å². The Morgan fingerprint density at radius 3 is 2.71 bits per heavy atom. The molecule has 0 atom stereocenters. The van der Waals surface area contributed by atoms with Gasteiger partial charge in [-0.2, -0.15) is 0 Å². The molecular formula is C13H16Br2O2. The Bertz CT molecular complexity index is 378. The van der Waals surface area contributed by atoms with Crippen molar-refractivity contribution in [2.45, 2.75) is 25.1 Å². The number of hydrogen-bond donors (Lipinski definition) is 0. The van der Waals surface area contributed by atoms with Gasteiger partial charge in [0.25, 0.3) is 0 Å². The second kappa shape index (κ2) is 7.88. The Morgan fingerprint density at radius 1 is 1.35 bits per heavy atom. The summed E-state index contributed by atoms with van der Waals surface area (Å²) in [7, 11) is 0. The van der Waals surface area contributed by atoms with Crippen molar-refractivity contribution in [1.29, 1.82) is 0 Å². The zero-order valence-corrected chi connectivity index (χ0v) is 13.0. The number of alkyl halides is 2. The van der Waals surface area contributed by atoms with Gasteiger partial charge in [0.15, 0.2) is 0 Å². The van der Waals surface area contributed by atoms with Gasteiger partial charge in [0.2, 0.25) is 0 Å². The number of carbonyl (C=O) groups is 1. The first kappa shape index (κ1) is 14.7. The molecule has 94 valence electrons. The van der Waals surface area contributed by atoms with Crippen LogP contribution in [-0.2, 0) is 16.5 Å². The molecular weight excluding hydrogens is 348 g/mol. The summed E-state index contributed by atoms with van der Waals surface area (Å²) in [4.78, 5) is 11.7. The summed E-state index contributed by atoms with van der Waals surface area (Å²) in [5, 5.41) is 1.67. The maximum Gasteiger partial charge on any atom is 0.338 e. The average Bonchev–Trinajstić information content (AvgIpc) is 2.36. The fourth-order valence-electron chi connectivity index (χ4n) is 1.59. The molecule has 0 bridgehead atoms. The van der Waals surface area contributed by atoms with Gasteiger partial charge in [-0.3, -0.25) is 0 Å². The average molecular weight is 364 g/mol. The van der Waals surface area contributed by atoms with Gasteiger partial charge in [-0.1, -0.05) is 44.0 Å². The first-order chi connectivity index (χ1) is 8.22. The smallest absolute Gasteiger partial charge is 0.338 e. The van der Waals surface area contributed by atoms with Crippen LogP contribution in [0.15, 0.2) is 18.2 Å². The highest BCUT2D eigenvalue weighted by molar-refractivity contribution is 9.09. The van der Waals surface area contributed by atoms with Crippen LogP contribution in [0, 0.1) is 0 Å². The summed E-state index contributed by atoms with van der Waals surface area (Å²) in [6.45, 7) is 2.22. The van der Waals surface area contributed by atoms with Crippen LogP contribution in [0.25, 0.3) is 0 Å². The van der Waals surface area contributed by atoms with Gasteiger partial charge >= 0.3 is 5.97 Å². The third-order valence-electron chi connectivity index (χ3n) is 2.41. The Balaban J connectivity index is 2.88. The molecule has 1 aromatic rings. The van der Waals surface area contributed by atoms with Crippen LogP contribution < -0.4 is 0 Å². The van der Waals surface area contributed by atoms with Crippen LogP contribution in [-0.4, -0.2) is 17.9 Å². The molecule has 4 heteroatoms. The molecule has 0 aliphatic carbocycles. The maximum atomic E-state index is 11.7. The molecule has 0 N–H and O–H groups in total. The second-order valence-electron chi connectivity index (χ2n) is 3.64. The largest absolute Gasteiger partial charge is 0.462 e. The number of rotatable bonds is 6. The summed E-state index contributed by atoms with van der Waals surface area (Å²) in [5.41, 5.74) is 2.91. The first-order valence-electron chi connectivity index (χ1n) is 5.63. The Hall–Kier alpha value is -0.350. The molecule has 1 rings (SSSR count). The summed E-state index contributed by atoms with van der Waals surface area (Å²) >= 11 is 6.83. The maximum absolute atomic E-state index is 11.7. The lowest BCUT2D eigenvalue weighted by Gasteiger charge is -2.09. The third-order valence-corrected chi connectivity index (χ3v) is 3.57. The van der Waals surface area contributed by atoms with Crippen molar-refractivity contribution in [3.63, 3.8) is 0 Å². The summed E-state index contributed by atoms with van der Waals surface area (Å²) < 4.78 is 5.02. The van der Waals surface area contributed by atoms with Gasteiger partial charge in [-0.15, -0.1) is 0 Å². The van der Waals surface area contributed by atoms with E-state index in [9.17, 15) is 4.79 Å². The highest BCUT2D eigenvalue weighted by Crippen LogP contribution is 2.18. The van der Waals surface area contributed by atoms with Gasteiger partial charge in [-0.25, -0.2) is 4.79 Å². The van der Waals surface area contributed by atoms with Crippen LogP contribution in [0.3, 0.4) is 0 Å². The summed E-state index contributed by atoms with van der Waals surface area (Å²) in [5.74, 6) is -0.242. The van der Waals surface area contributed by atoms with Crippen LogP contribution >= 0.6 is 31.9 Å². The van der Waals surface area contributed by atoms with Gasteiger partial charge < -0.3 is 4.74 Å². The number of esters is 1. The SMILES string of the molecule is CCOC(=O)c1ccc(CCCBr)cc1CBr. The Morgan fingerprint density at radius 2 is 2.12 bits per heavy atom. The number of halogens is 2. The van der Waals surface area contributed by atoms with Crippen LogP contribution in [0.4, 0.5) is 0 Å². The zero-order chi connectivity index (χ0) is 12.7. The van der Waals surface area contributed by atoms with Crippen molar-refractivity contribution in [3.8, 4) is 0 Å². The molecule has 0 aliphatic rings. The van der Waals surface area contributed by atoms with Crippen LogP contribution in [0.2, 0.25) is 0 Å². The molecule has 0 aromatic heterocycles. The Labute approximate surface area is 119 Å². The van der Waals surface area contributed by atoms with Gasteiger partial charge in [0.05, 0.1) is 12.2 Å². The number of benzene rings is 1. The zero-order valence-electron chi connectivity index (χ0n) is 9.84. The third kappa shape index (κ3) is 4.43. The summed E-state index contributed by atoms with van der Waals surface area (Å²) in [6.07, 6.45) is 2.12. The lowest BCUT2D eigenvalue weighted by Crippen LogP contribution is -2.08. The van der Waals surface area contributed by atoms with Crippen molar-refractivity contribution in [3.05, 3.63) is 34.9 Å². The van der Waals surface area contributed by atoms with E-state index in [1.165, 1.54) is 5.56 Å². The minimum atomic E-state index is -0.242. The molecule has 0 fully saturated rings. The fraction of sp³-hybridized carbons (Fsp3) is 0.462. The van der Waals surface area contributed by atoms with Crippen molar-refractivity contribution < 1.29 is 9.53 Å². The predicted octanol–water partition coefficient (Wildman–Crippen LogP) is 4.09. The van der Waals surface area contributed by atoms with E-state index in [0.717, 1.165) is 23.7 Å². The molecule has 0 amide bonds. The molecule has 17 heavy (non-hydrogen) atoms. The molecule has 1 aromatic carbocycles.